The number of aliphatic hydroxyl groups excluding tert-OH is 3. The molecule has 45 heteroatoms. The van der Waals surface area contributed by atoms with Crippen molar-refractivity contribution in [2.24, 2.45) is 29.2 Å². The van der Waals surface area contributed by atoms with E-state index in [-0.39, 0.29) is 50.0 Å². The Hall–Kier alpha value is -14.3. The Morgan fingerprint density at radius 2 is 0.692 bits per heavy atom. The van der Waals surface area contributed by atoms with Crippen molar-refractivity contribution in [3.05, 3.63) is 156 Å². The minimum absolute atomic E-state index is 0.00375. The quantitative estimate of drug-likeness (QED) is 0.0172. The molecular weight excluding hydrogens is 1740 g/mol. The van der Waals surface area contributed by atoms with Crippen molar-refractivity contribution in [1.29, 1.82) is 0 Å². The van der Waals surface area contributed by atoms with Gasteiger partial charge in [0.2, 0.25) is 100 Å². The topological polar surface area (TPSA) is 719 Å². The van der Waals surface area contributed by atoms with Crippen LogP contribution in [0, 0.1) is 17.8 Å². The summed E-state index contributed by atoms with van der Waals surface area (Å²) >= 11 is 0. The molecule has 0 aliphatic heterocycles. The van der Waals surface area contributed by atoms with Gasteiger partial charge in [-0.05, 0) is 86.3 Å². The summed E-state index contributed by atoms with van der Waals surface area (Å²) in [4.78, 5) is 267. The van der Waals surface area contributed by atoms with Crippen molar-refractivity contribution in [2.45, 2.75) is 230 Å². The van der Waals surface area contributed by atoms with Crippen LogP contribution < -0.4 is 96.5 Å². The zero-order valence-corrected chi connectivity index (χ0v) is 75.2. The molecule has 0 spiro atoms. The summed E-state index contributed by atoms with van der Waals surface area (Å²) in [6.45, 7) is 10.9. The number of aliphatic carboxylic acids is 2. The lowest BCUT2D eigenvalue weighted by Crippen LogP contribution is -2.62. The monoisotopic (exact) mass is 1860 g/mol. The summed E-state index contributed by atoms with van der Waals surface area (Å²) in [5.41, 5.74) is 14.0. The molecule has 0 aliphatic carbocycles. The second-order valence-corrected chi connectivity index (χ2v) is 32.4. The van der Waals surface area contributed by atoms with E-state index in [1.165, 1.54) is 59.3 Å². The molecule has 4 aromatic carbocycles. The highest BCUT2D eigenvalue weighted by Crippen LogP contribution is 2.17. The normalized spacial score (nSPS) is 15.4. The van der Waals surface area contributed by atoms with Gasteiger partial charge in [-0.15, -0.1) is 0 Å². The smallest absolute Gasteiger partial charge is 0.305 e. The SMILES string of the molecule is CC[C@H](C)[C@H](NC(=O)[C@H](CO)NC(=O)[C@H](Cc1c[nH]cn1)NC(=O)[C@H](Cc1ccccc1)NC(=O)[C@H](Cc1ccccc1)NC(=O)[C@H](CC(=O)O)NC(=O)CNC(=O)[C@@H](NC(=O)[C@@H](NC(=O)[C@H](CO)NC(=O)[C@H](C)NC(=O)[C@@H](NC(=O)[C@H](CC(=O)O)NC(=O)[C@H](C)NC(=O)[C@H](Cc1ccccc1)NC(=O)[C@@H](C)NC(=O)[C@@H](N)Cc1ccc(O)cc1)C(C)C)[C@@H](C)O)[C@@H](C)CC)C(N)=O. The highest BCUT2D eigenvalue weighted by Gasteiger charge is 2.40. The largest absolute Gasteiger partial charge is 0.508 e. The number of aliphatic hydroxyl groups is 3. The van der Waals surface area contributed by atoms with Crippen molar-refractivity contribution in [3.8, 4) is 5.75 Å². The number of primary amides is 1. The molecule has 0 aliphatic rings. The van der Waals surface area contributed by atoms with Gasteiger partial charge in [0.05, 0.1) is 56.8 Å². The van der Waals surface area contributed by atoms with Crippen LogP contribution in [0.5, 0.6) is 5.75 Å². The number of amides is 17. The van der Waals surface area contributed by atoms with Crippen LogP contribution in [0.25, 0.3) is 0 Å². The number of carboxylic acids is 2. The van der Waals surface area contributed by atoms with Gasteiger partial charge in [0.1, 0.15) is 96.4 Å². The molecule has 0 saturated heterocycles. The molecule has 5 rings (SSSR count). The molecule has 17 amide bonds. The lowest BCUT2D eigenvalue weighted by atomic mass is 9.97. The first-order chi connectivity index (χ1) is 62.9. The van der Waals surface area contributed by atoms with Crippen molar-refractivity contribution in [2.75, 3.05) is 19.8 Å². The molecule has 27 N–H and O–H groups in total. The number of carbonyl (C=O) groups excluding carboxylic acids is 17. The maximum atomic E-state index is 14.8. The van der Waals surface area contributed by atoms with Crippen molar-refractivity contribution < 1.29 is 122 Å². The molecule has 1 heterocycles. The van der Waals surface area contributed by atoms with Crippen LogP contribution in [0.1, 0.15) is 123 Å². The number of phenols is 1. The van der Waals surface area contributed by atoms with Gasteiger partial charge in [-0.3, -0.25) is 91.1 Å². The van der Waals surface area contributed by atoms with Gasteiger partial charge in [0.25, 0.3) is 0 Å². The fraction of sp³-hybridized carbons (Fsp3) is 0.477. The number of H-pyrrole nitrogens is 1. The van der Waals surface area contributed by atoms with E-state index in [2.05, 4.69) is 95.0 Å². The Balaban J connectivity index is 1.22. The Labute approximate surface area is 766 Å². The molecule has 133 heavy (non-hydrogen) atoms. The number of benzene rings is 4. The molecule has 0 radical (unpaired) electrons. The Morgan fingerprint density at radius 3 is 1.10 bits per heavy atom. The third kappa shape index (κ3) is 36.5. The first kappa shape index (κ1) is 109. The summed E-state index contributed by atoms with van der Waals surface area (Å²) in [5, 5.41) is 99.4. The van der Waals surface area contributed by atoms with Crippen LogP contribution in [-0.2, 0) is 123 Å². The average Bonchev–Trinajstić information content (AvgIpc) is 1.64. The highest BCUT2D eigenvalue weighted by atomic mass is 16.4. The number of carboxylic acid groups (broad SMARTS) is 2. The standard InChI is InChI=1S/C88H122N20O25/c1-11-45(5)70(73(90)118)106-84(129)65(42-110)104-81(126)61(36-55-39-91-43-93-55)102-80(125)60(35-53-26-20-15-21-27-53)100-79(124)59(34-52-24-18-14-19-25-52)101-82(127)62(37-67(114)115)97-66(113)40-92-86(131)71(46(6)12-2)107-88(133)72(50(10)111)108-85(130)64(41-109)103-76(121)49(9)96-87(132)69(44(3)4)105-83(128)63(38-68(116)117)99-75(120)48(8)95-78(123)58(33-51-22-16-13-17-23-51)98-74(119)47(7)94-77(122)57(89)32-54-28-30-56(112)31-29-54/h13-31,39,43-50,57-65,69-72,109-112H,11-12,32-38,40-42,89H2,1-10H3,(H2,90,118)(H,91,93)(H,92,131)(H,94,122)(H,95,123)(H,96,132)(H,97,113)(H,98,119)(H,99,120)(H,100,124)(H,101,127)(H,102,125)(H,103,121)(H,104,126)(H,105,128)(H,106,129)(H,107,133)(H,108,130)(H,114,115)(H,116,117)/t45-,46-,47+,48-,49-,50+,57-,58-,59-,60-,61-,62-,63-,64-,65-,69-,70-,71-,72-/m0/s1. The third-order valence-electron chi connectivity index (χ3n) is 21.3. The number of hydrogen-bond donors (Lipinski definition) is 25. The number of rotatable bonds is 55. The van der Waals surface area contributed by atoms with E-state index in [1.54, 1.807) is 124 Å². The molecule has 5 aromatic rings. The first-order valence-electron chi connectivity index (χ1n) is 43.0. The van der Waals surface area contributed by atoms with E-state index in [4.69, 9.17) is 11.5 Å². The summed E-state index contributed by atoms with van der Waals surface area (Å²) < 4.78 is 0. The van der Waals surface area contributed by atoms with E-state index in [1.807, 2.05) is 0 Å². The van der Waals surface area contributed by atoms with Crippen LogP contribution in [0.3, 0.4) is 0 Å². The van der Waals surface area contributed by atoms with Crippen LogP contribution in [0.2, 0.25) is 0 Å². The molecule has 19 atom stereocenters. The number of aromatic hydroxyl groups is 1. The number of carbonyl (C=O) groups is 19. The Morgan fingerprint density at radius 1 is 0.361 bits per heavy atom. The number of aromatic nitrogens is 2. The predicted octanol–water partition coefficient (Wildman–Crippen LogP) is -6.05. The van der Waals surface area contributed by atoms with Gasteiger partial charge >= 0.3 is 11.9 Å². The number of hydrogen-bond acceptors (Lipinski definition) is 25. The lowest BCUT2D eigenvalue weighted by molar-refractivity contribution is -0.142. The van der Waals surface area contributed by atoms with Crippen molar-refractivity contribution in [3.63, 3.8) is 0 Å². The van der Waals surface area contributed by atoms with Gasteiger partial charge in [-0.1, -0.05) is 158 Å². The van der Waals surface area contributed by atoms with Crippen molar-refractivity contribution >= 4 is 112 Å². The van der Waals surface area contributed by atoms with E-state index in [0.29, 0.717) is 28.7 Å². The van der Waals surface area contributed by atoms with E-state index >= 15 is 0 Å². The van der Waals surface area contributed by atoms with E-state index in [0.717, 1.165) is 13.8 Å². The molecule has 724 valence electrons. The highest BCUT2D eigenvalue weighted by molar-refractivity contribution is 6.02. The maximum Gasteiger partial charge on any atom is 0.305 e. The van der Waals surface area contributed by atoms with E-state index in [9.17, 15) is 122 Å². The van der Waals surface area contributed by atoms with E-state index < -0.39 is 265 Å². The number of nitrogens with one attached hydrogen (secondary N) is 17. The zero-order chi connectivity index (χ0) is 99.0. The fourth-order valence-corrected chi connectivity index (χ4v) is 13.1. The first-order valence-corrected chi connectivity index (χ1v) is 43.0. The van der Waals surface area contributed by atoms with Gasteiger partial charge < -0.3 is 132 Å². The van der Waals surface area contributed by atoms with Gasteiger partial charge in [0, 0.05) is 31.9 Å². The van der Waals surface area contributed by atoms with Crippen molar-refractivity contribution in [1.82, 2.24) is 95.0 Å². The second-order valence-electron chi connectivity index (χ2n) is 32.4. The molecule has 0 bridgehead atoms. The number of aromatic amines is 1. The fourth-order valence-electron chi connectivity index (χ4n) is 13.1. The summed E-state index contributed by atoms with van der Waals surface area (Å²) in [6, 6.07) is 4.85. The van der Waals surface area contributed by atoms with Gasteiger partial charge in [-0.25, -0.2) is 4.98 Å². The zero-order valence-electron chi connectivity index (χ0n) is 75.2. The predicted molar refractivity (Wildman–Crippen MR) is 475 cm³/mol. The van der Waals surface area contributed by atoms with Crippen LogP contribution in [0.15, 0.2) is 128 Å². The molecule has 0 saturated carbocycles. The number of nitrogens with zero attached hydrogens (tertiary/aromatic N) is 1. The average molecular weight is 1860 g/mol. The van der Waals surface area contributed by atoms with Crippen LogP contribution in [-0.4, -0.2) is 275 Å². The number of nitrogens with two attached hydrogens (primary N) is 2. The summed E-state index contributed by atoms with van der Waals surface area (Å²) in [7, 11) is 0. The van der Waals surface area contributed by atoms with Gasteiger partial charge in [0.15, 0.2) is 0 Å². The number of imidazole rings is 1. The van der Waals surface area contributed by atoms with Crippen LogP contribution >= 0.6 is 0 Å². The van der Waals surface area contributed by atoms with Gasteiger partial charge in [-0.2, -0.15) is 0 Å². The maximum absolute atomic E-state index is 14.8. The Kier molecular flexibility index (Phi) is 44.6. The molecule has 0 fully saturated rings. The summed E-state index contributed by atoms with van der Waals surface area (Å²) in [5.74, 6) is -23.4. The minimum Gasteiger partial charge on any atom is -0.508 e. The lowest BCUT2D eigenvalue weighted by Gasteiger charge is -2.29. The molecule has 1 aromatic heterocycles. The summed E-state index contributed by atoms with van der Waals surface area (Å²) in [6.07, 6.45) is -1.75. The molecular formula is C88H122N20O25. The number of phenolic OH excluding ortho intramolecular Hbond substituents is 1. The Bertz CT molecular complexity index is 4800. The second kappa shape index (κ2) is 54.3. The third-order valence-corrected chi connectivity index (χ3v) is 21.3. The molecule has 0 unspecified atom stereocenters. The molecule has 45 nitrogen and oxygen atoms in total. The van der Waals surface area contributed by atoms with Crippen LogP contribution in [0.4, 0.5) is 0 Å². The minimum atomic E-state index is -2.00.